The van der Waals surface area contributed by atoms with Crippen LogP contribution in [0.3, 0.4) is 0 Å². The number of methoxy groups -OCH3 is 1. The minimum absolute atomic E-state index is 0.0383. The fourth-order valence-electron chi connectivity index (χ4n) is 3.37. The Balaban J connectivity index is 2.15. The topological polar surface area (TPSA) is 26.3 Å². The SMILES string of the molecule is COC1(C)CC2CC(C)C(=O)C(C2)C1. The van der Waals surface area contributed by atoms with E-state index in [1.165, 1.54) is 0 Å². The van der Waals surface area contributed by atoms with Gasteiger partial charge in [0.25, 0.3) is 0 Å². The molecule has 0 aromatic heterocycles. The minimum Gasteiger partial charge on any atom is -0.378 e. The maximum absolute atomic E-state index is 11.9. The Kier molecular flexibility index (Phi) is 2.42. The summed E-state index contributed by atoms with van der Waals surface area (Å²) >= 11 is 0. The molecule has 0 aromatic rings. The smallest absolute Gasteiger partial charge is 0.138 e. The average molecular weight is 196 g/mol. The summed E-state index contributed by atoms with van der Waals surface area (Å²) in [5.41, 5.74) is -0.0383. The summed E-state index contributed by atoms with van der Waals surface area (Å²) in [5, 5.41) is 0. The van der Waals surface area contributed by atoms with Crippen LogP contribution in [0.1, 0.15) is 39.5 Å². The highest BCUT2D eigenvalue weighted by atomic mass is 16.5. The van der Waals surface area contributed by atoms with Crippen molar-refractivity contribution in [2.75, 3.05) is 7.11 Å². The van der Waals surface area contributed by atoms with E-state index in [0.717, 1.165) is 25.7 Å². The van der Waals surface area contributed by atoms with Crippen LogP contribution in [0.15, 0.2) is 0 Å². The molecule has 0 N–H and O–H groups in total. The van der Waals surface area contributed by atoms with Crippen LogP contribution in [-0.4, -0.2) is 18.5 Å². The maximum Gasteiger partial charge on any atom is 0.138 e. The Hall–Kier alpha value is -0.370. The van der Waals surface area contributed by atoms with Crippen molar-refractivity contribution in [2.45, 2.75) is 45.1 Å². The first kappa shape index (κ1) is 10.2. The molecular formula is C12H20O2. The minimum atomic E-state index is -0.0383. The van der Waals surface area contributed by atoms with E-state index in [1.54, 1.807) is 7.11 Å². The van der Waals surface area contributed by atoms with Gasteiger partial charge in [0.15, 0.2) is 0 Å². The number of ether oxygens (including phenoxy) is 1. The lowest BCUT2D eigenvalue weighted by molar-refractivity contribution is -0.140. The zero-order valence-electron chi connectivity index (χ0n) is 9.38. The Morgan fingerprint density at radius 3 is 2.71 bits per heavy atom. The van der Waals surface area contributed by atoms with E-state index in [1.807, 2.05) is 0 Å². The van der Waals surface area contributed by atoms with Crippen LogP contribution in [-0.2, 0) is 9.53 Å². The third-order valence-corrected chi connectivity index (χ3v) is 4.08. The summed E-state index contributed by atoms with van der Waals surface area (Å²) in [5.74, 6) is 1.76. The fourth-order valence-corrected chi connectivity index (χ4v) is 3.37. The molecule has 2 aliphatic rings. The van der Waals surface area contributed by atoms with Crippen LogP contribution in [0, 0.1) is 17.8 Å². The van der Waals surface area contributed by atoms with Gasteiger partial charge < -0.3 is 4.74 Å². The molecule has 0 heterocycles. The molecule has 0 spiro atoms. The molecule has 0 radical (unpaired) electrons. The largest absolute Gasteiger partial charge is 0.378 e. The highest BCUT2D eigenvalue weighted by Gasteiger charge is 2.45. The van der Waals surface area contributed by atoms with E-state index in [2.05, 4.69) is 13.8 Å². The molecule has 80 valence electrons. The van der Waals surface area contributed by atoms with Gasteiger partial charge in [-0.05, 0) is 38.5 Å². The van der Waals surface area contributed by atoms with Gasteiger partial charge in [0.05, 0.1) is 5.60 Å². The molecule has 2 saturated carbocycles. The van der Waals surface area contributed by atoms with Crippen molar-refractivity contribution in [3.05, 3.63) is 0 Å². The normalized spacial score (nSPS) is 47.9. The van der Waals surface area contributed by atoms with Gasteiger partial charge >= 0.3 is 0 Å². The Morgan fingerprint density at radius 2 is 2.07 bits per heavy atom. The van der Waals surface area contributed by atoms with E-state index < -0.39 is 0 Å². The zero-order valence-corrected chi connectivity index (χ0v) is 9.38. The lowest BCUT2D eigenvalue weighted by Gasteiger charge is -2.45. The molecule has 2 rings (SSSR count). The Morgan fingerprint density at radius 1 is 1.36 bits per heavy atom. The van der Waals surface area contributed by atoms with Crippen LogP contribution >= 0.6 is 0 Å². The fraction of sp³-hybridized carbons (Fsp3) is 0.917. The van der Waals surface area contributed by atoms with Crippen LogP contribution in [0.2, 0.25) is 0 Å². The molecule has 2 nitrogen and oxygen atoms in total. The molecule has 0 aromatic carbocycles. The van der Waals surface area contributed by atoms with Crippen molar-refractivity contribution in [1.82, 2.24) is 0 Å². The maximum atomic E-state index is 11.9. The summed E-state index contributed by atoms with van der Waals surface area (Å²) in [6, 6.07) is 0. The van der Waals surface area contributed by atoms with E-state index >= 15 is 0 Å². The van der Waals surface area contributed by atoms with Crippen LogP contribution in [0.25, 0.3) is 0 Å². The molecule has 2 bridgehead atoms. The van der Waals surface area contributed by atoms with Crippen LogP contribution in [0.4, 0.5) is 0 Å². The molecule has 0 saturated heterocycles. The van der Waals surface area contributed by atoms with Crippen molar-refractivity contribution in [2.24, 2.45) is 17.8 Å². The number of fused-ring (bicyclic) bond motifs is 2. The lowest BCUT2D eigenvalue weighted by atomic mass is 9.63. The van der Waals surface area contributed by atoms with Crippen molar-refractivity contribution >= 4 is 5.78 Å². The quantitative estimate of drug-likeness (QED) is 0.643. The van der Waals surface area contributed by atoms with Gasteiger partial charge in [0.1, 0.15) is 5.78 Å². The van der Waals surface area contributed by atoms with Gasteiger partial charge in [-0.1, -0.05) is 6.92 Å². The third-order valence-electron chi connectivity index (χ3n) is 4.08. The highest BCUT2D eigenvalue weighted by molar-refractivity contribution is 5.84. The van der Waals surface area contributed by atoms with Crippen molar-refractivity contribution < 1.29 is 9.53 Å². The molecular weight excluding hydrogens is 176 g/mol. The molecule has 2 fully saturated rings. The zero-order chi connectivity index (χ0) is 10.3. The number of rotatable bonds is 1. The second kappa shape index (κ2) is 3.34. The van der Waals surface area contributed by atoms with Gasteiger partial charge in [-0.15, -0.1) is 0 Å². The number of hydrogen-bond donors (Lipinski definition) is 0. The predicted molar refractivity (Wildman–Crippen MR) is 55.0 cm³/mol. The van der Waals surface area contributed by atoms with E-state index in [-0.39, 0.29) is 11.5 Å². The Labute approximate surface area is 86.0 Å². The second-order valence-electron chi connectivity index (χ2n) is 5.40. The van der Waals surface area contributed by atoms with E-state index in [9.17, 15) is 4.79 Å². The van der Waals surface area contributed by atoms with Gasteiger partial charge in [-0.3, -0.25) is 4.79 Å². The van der Waals surface area contributed by atoms with Gasteiger partial charge in [-0.25, -0.2) is 0 Å². The number of Topliss-reactive ketones (excluding diaryl/α,β-unsaturated/α-hetero) is 1. The average Bonchev–Trinajstić information content (AvgIpc) is 2.14. The standard InChI is InChI=1S/C12H20O2/c1-8-4-9-5-10(11(8)13)7-12(2,6-9)14-3/h8-10H,4-7H2,1-3H3. The molecule has 0 amide bonds. The number of carbonyl (C=O) groups is 1. The van der Waals surface area contributed by atoms with Gasteiger partial charge in [0.2, 0.25) is 0 Å². The van der Waals surface area contributed by atoms with Crippen molar-refractivity contribution in [1.29, 1.82) is 0 Å². The molecule has 2 aliphatic carbocycles. The first-order valence-corrected chi connectivity index (χ1v) is 5.63. The van der Waals surface area contributed by atoms with E-state index in [4.69, 9.17) is 4.74 Å². The number of hydrogen-bond acceptors (Lipinski definition) is 2. The van der Waals surface area contributed by atoms with Gasteiger partial charge in [-0.2, -0.15) is 0 Å². The summed E-state index contributed by atoms with van der Waals surface area (Å²) in [6.07, 6.45) is 4.26. The summed E-state index contributed by atoms with van der Waals surface area (Å²) in [6.45, 7) is 4.23. The molecule has 2 heteroatoms. The first-order chi connectivity index (χ1) is 6.54. The van der Waals surface area contributed by atoms with Crippen LogP contribution < -0.4 is 0 Å². The first-order valence-electron chi connectivity index (χ1n) is 5.63. The summed E-state index contributed by atoms with van der Waals surface area (Å²) in [7, 11) is 1.77. The second-order valence-corrected chi connectivity index (χ2v) is 5.40. The predicted octanol–water partition coefficient (Wildman–Crippen LogP) is 2.42. The molecule has 4 atom stereocenters. The third kappa shape index (κ3) is 1.60. The van der Waals surface area contributed by atoms with Gasteiger partial charge in [0, 0.05) is 18.9 Å². The number of ketones is 1. The van der Waals surface area contributed by atoms with Crippen molar-refractivity contribution in [3.63, 3.8) is 0 Å². The molecule has 0 aliphatic heterocycles. The number of carbonyl (C=O) groups excluding carboxylic acids is 1. The van der Waals surface area contributed by atoms with Crippen molar-refractivity contribution in [3.8, 4) is 0 Å². The lowest BCUT2D eigenvalue weighted by Crippen LogP contribution is -2.45. The van der Waals surface area contributed by atoms with E-state index in [0.29, 0.717) is 17.6 Å². The Bertz CT molecular complexity index is 247. The summed E-state index contributed by atoms with van der Waals surface area (Å²) < 4.78 is 5.55. The summed E-state index contributed by atoms with van der Waals surface area (Å²) in [4.78, 5) is 11.9. The monoisotopic (exact) mass is 196 g/mol. The highest BCUT2D eigenvalue weighted by Crippen LogP contribution is 2.45. The van der Waals surface area contributed by atoms with Crippen LogP contribution in [0.5, 0.6) is 0 Å². The molecule has 4 unspecified atom stereocenters. The molecule has 14 heavy (non-hydrogen) atoms.